The number of rotatable bonds is 14. The number of amides is 2. The summed E-state index contributed by atoms with van der Waals surface area (Å²) in [4.78, 5) is 30.9. The van der Waals surface area contributed by atoms with E-state index in [1.165, 1.54) is 18.6 Å². The lowest BCUT2D eigenvalue weighted by atomic mass is 9.93. The molecule has 0 bridgehead atoms. The zero-order valence-corrected chi connectivity index (χ0v) is 23.9. The van der Waals surface area contributed by atoms with Crippen LogP contribution in [-0.4, -0.2) is 64.4 Å². The SMILES string of the molecule is CCOCCCN(CC(=O)N(Cc1cccn1Cc1ccc(F)cc1)C1CCCCC1)C(=O)C(C)(C)CCl. The van der Waals surface area contributed by atoms with Crippen molar-refractivity contribution in [1.29, 1.82) is 0 Å². The summed E-state index contributed by atoms with van der Waals surface area (Å²) in [6.07, 6.45) is 7.98. The zero-order valence-electron chi connectivity index (χ0n) is 23.1. The average Bonchev–Trinajstić information content (AvgIpc) is 3.36. The van der Waals surface area contributed by atoms with Crippen LogP contribution in [0.25, 0.3) is 0 Å². The number of aromatic nitrogens is 1. The van der Waals surface area contributed by atoms with Gasteiger partial charge in [-0.05, 0) is 69.9 Å². The Balaban J connectivity index is 1.79. The fourth-order valence-corrected chi connectivity index (χ4v) is 5.13. The summed E-state index contributed by atoms with van der Waals surface area (Å²) in [5.41, 5.74) is 1.25. The van der Waals surface area contributed by atoms with Crippen LogP contribution < -0.4 is 0 Å². The molecule has 38 heavy (non-hydrogen) atoms. The molecule has 0 unspecified atom stereocenters. The molecule has 0 N–H and O–H groups in total. The molecule has 6 nitrogen and oxygen atoms in total. The smallest absolute Gasteiger partial charge is 0.242 e. The molecule has 1 fully saturated rings. The van der Waals surface area contributed by atoms with Crippen LogP contribution in [-0.2, 0) is 27.4 Å². The number of benzene rings is 1. The topological polar surface area (TPSA) is 54.8 Å². The van der Waals surface area contributed by atoms with Crippen molar-refractivity contribution in [1.82, 2.24) is 14.4 Å². The molecule has 0 radical (unpaired) electrons. The first-order chi connectivity index (χ1) is 18.2. The van der Waals surface area contributed by atoms with Crippen LogP contribution in [0.1, 0.15) is 70.6 Å². The summed E-state index contributed by atoms with van der Waals surface area (Å²) in [5.74, 6) is -0.221. The number of hydrogen-bond donors (Lipinski definition) is 0. The third kappa shape index (κ3) is 8.57. The molecule has 2 aromatic rings. The van der Waals surface area contributed by atoms with Crippen LogP contribution in [0.4, 0.5) is 4.39 Å². The zero-order chi connectivity index (χ0) is 27.5. The van der Waals surface area contributed by atoms with Gasteiger partial charge in [0.25, 0.3) is 0 Å². The van der Waals surface area contributed by atoms with Gasteiger partial charge < -0.3 is 19.1 Å². The lowest BCUT2D eigenvalue weighted by molar-refractivity contribution is -0.147. The van der Waals surface area contributed by atoms with Crippen molar-refractivity contribution < 1.29 is 18.7 Å². The van der Waals surface area contributed by atoms with E-state index >= 15 is 0 Å². The van der Waals surface area contributed by atoms with E-state index in [1.807, 2.05) is 44.0 Å². The molecule has 1 heterocycles. The van der Waals surface area contributed by atoms with E-state index in [-0.39, 0.29) is 36.1 Å². The number of hydrogen-bond acceptors (Lipinski definition) is 3. The molecule has 0 spiro atoms. The highest BCUT2D eigenvalue weighted by Gasteiger charge is 2.34. The molecule has 1 aliphatic rings. The van der Waals surface area contributed by atoms with Gasteiger partial charge in [0.15, 0.2) is 0 Å². The molecular weight excluding hydrogens is 505 g/mol. The molecule has 1 saturated carbocycles. The molecule has 210 valence electrons. The van der Waals surface area contributed by atoms with Crippen LogP contribution in [0.3, 0.4) is 0 Å². The number of halogens is 2. The van der Waals surface area contributed by atoms with E-state index in [4.69, 9.17) is 16.3 Å². The van der Waals surface area contributed by atoms with Crippen molar-refractivity contribution >= 4 is 23.4 Å². The Kier molecular flexibility index (Phi) is 11.7. The highest BCUT2D eigenvalue weighted by Crippen LogP contribution is 2.26. The van der Waals surface area contributed by atoms with Crippen LogP contribution in [0.5, 0.6) is 0 Å². The molecule has 1 aromatic carbocycles. The van der Waals surface area contributed by atoms with Gasteiger partial charge in [0.2, 0.25) is 11.8 Å². The first kappa shape index (κ1) is 30.2. The van der Waals surface area contributed by atoms with Crippen LogP contribution >= 0.6 is 11.6 Å². The molecule has 2 amide bonds. The standard InChI is InChI=1S/C30H43ClFN3O3/c1-4-38-19-9-18-34(29(37)30(2,3)23-31)22-28(36)35(26-10-6-5-7-11-26)21-27-12-8-17-33(27)20-24-13-15-25(32)16-14-24/h8,12-17,26H,4-7,9-11,18-23H2,1-3H3. The summed E-state index contributed by atoms with van der Waals surface area (Å²) in [7, 11) is 0. The molecule has 8 heteroatoms. The molecule has 0 saturated heterocycles. The van der Waals surface area contributed by atoms with Gasteiger partial charge in [0, 0.05) is 50.1 Å². The second kappa shape index (κ2) is 14.7. The van der Waals surface area contributed by atoms with E-state index in [1.54, 1.807) is 17.0 Å². The second-order valence-corrected chi connectivity index (χ2v) is 11.1. The Hall–Kier alpha value is -2.38. The Morgan fingerprint density at radius 1 is 1.13 bits per heavy atom. The number of ether oxygens (including phenoxy) is 1. The fourth-order valence-electron chi connectivity index (χ4n) is 5.02. The van der Waals surface area contributed by atoms with E-state index in [2.05, 4.69) is 4.57 Å². The normalized spacial score (nSPS) is 14.4. The summed E-state index contributed by atoms with van der Waals surface area (Å²) in [6, 6.07) is 10.7. The van der Waals surface area contributed by atoms with E-state index in [9.17, 15) is 14.0 Å². The third-order valence-electron chi connectivity index (χ3n) is 7.31. The van der Waals surface area contributed by atoms with Crippen molar-refractivity contribution in [2.24, 2.45) is 5.41 Å². The largest absolute Gasteiger partial charge is 0.382 e. The van der Waals surface area contributed by atoms with Crippen molar-refractivity contribution in [3.05, 3.63) is 59.7 Å². The van der Waals surface area contributed by atoms with E-state index in [0.717, 1.165) is 36.9 Å². The van der Waals surface area contributed by atoms with Crippen LogP contribution in [0.2, 0.25) is 0 Å². The predicted molar refractivity (Wildman–Crippen MR) is 150 cm³/mol. The van der Waals surface area contributed by atoms with Crippen LogP contribution in [0, 0.1) is 11.2 Å². The quantitative estimate of drug-likeness (QED) is 0.220. The maximum atomic E-state index is 13.9. The van der Waals surface area contributed by atoms with Gasteiger partial charge >= 0.3 is 0 Å². The van der Waals surface area contributed by atoms with Gasteiger partial charge in [0.1, 0.15) is 5.82 Å². The van der Waals surface area contributed by atoms with E-state index < -0.39 is 5.41 Å². The van der Waals surface area contributed by atoms with Crippen molar-refractivity contribution in [2.75, 3.05) is 32.2 Å². The third-order valence-corrected chi connectivity index (χ3v) is 7.97. The minimum atomic E-state index is -0.757. The molecular formula is C30H43ClFN3O3. The summed E-state index contributed by atoms with van der Waals surface area (Å²) >= 11 is 6.13. The van der Waals surface area contributed by atoms with Gasteiger partial charge in [-0.1, -0.05) is 31.4 Å². The Labute approximate surface area is 232 Å². The second-order valence-electron chi connectivity index (χ2n) is 10.9. The molecule has 3 rings (SSSR count). The minimum absolute atomic E-state index is 0.0282. The Bertz CT molecular complexity index is 1020. The summed E-state index contributed by atoms with van der Waals surface area (Å²) in [6.45, 7) is 8.29. The number of carbonyl (C=O) groups excluding carboxylic acids is 2. The minimum Gasteiger partial charge on any atom is -0.382 e. The van der Waals surface area contributed by atoms with Crippen LogP contribution in [0.15, 0.2) is 42.6 Å². The average molecular weight is 548 g/mol. The number of nitrogens with zero attached hydrogens (tertiary/aromatic N) is 3. The maximum Gasteiger partial charge on any atom is 0.242 e. The summed E-state index contributed by atoms with van der Waals surface area (Å²) in [5, 5.41) is 0. The van der Waals surface area contributed by atoms with Gasteiger partial charge in [-0.15, -0.1) is 11.6 Å². The Morgan fingerprint density at radius 3 is 2.50 bits per heavy atom. The van der Waals surface area contributed by atoms with Crippen molar-refractivity contribution in [2.45, 2.75) is 78.4 Å². The predicted octanol–water partition coefficient (Wildman–Crippen LogP) is 5.86. The molecule has 1 aliphatic carbocycles. The number of alkyl halides is 1. The lowest BCUT2D eigenvalue weighted by Crippen LogP contribution is -2.50. The lowest BCUT2D eigenvalue weighted by Gasteiger charge is -2.37. The van der Waals surface area contributed by atoms with Crippen molar-refractivity contribution in [3.8, 4) is 0 Å². The van der Waals surface area contributed by atoms with Gasteiger partial charge in [-0.2, -0.15) is 0 Å². The highest BCUT2D eigenvalue weighted by molar-refractivity contribution is 6.19. The van der Waals surface area contributed by atoms with Gasteiger partial charge in [-0.25, -0.2) is 4.39 Å². The van der Waals surface area contributed by atoms with E-state index in [0.29, 0.717) is 39.3 Å². The van der Waals surface area contributed by atoms with Crippen molar-refractivity contribution in [3.63, 3.8) is 0 Å². The fraction of sp³-hybridized carbons (Fsp3) is 0.600. The summed E-state index contributed by atoms with van der Waals surface area (Å²) < 4.78 is 21.0. The Morgan fingerprint density at radius 2 is 1.84 bits per heavy atom. The monoisotopic (exact) mass is 547 g/mol. The molecule has 0 atom stereocenters. The first-order valence-corrected chi connectivity index (χ1v) is 14.4. The molecule has 0 aliphatic heterocycles. The molecule has 1 aromatic heterocycles. The maximum absolute atomic E-state index is 13.9. The first-order valence-electron chi connectivity index (χ1n) is 13.9. The van der Waals surface area contributed by atoms with Gasteiger partial charge in [0.05, 0.1) is 18.5 Å². The van der Waals surface area contributed by atoms with Gasteiger partial charge in [-0.3, -0.25) is 9.59 Å². The number of carbonyl (C=O) groups is 2. The highest BCUT2D eigenvalue weighted by atomic mass is 35.5.